The molecule has 4 heteroatoms. The van der Waals surface area contributed by atoms with Crippen LogP contribution in [0.3, 0.4) is 0 Å². The maximum absolute atomic E-state index is 5.34. The van der Waals surface area contributed by atoms with Crippen molar-refractivity contribution >= 4 is 5.69 Å². The third-order valence-electron chi connectivity index (χ3n) is 3.67. The van der Waals surface area contributed by atoms with E-state index in [4.69, 9.17) is 4.52 Å². The third-order valence-corrected chi connectivity index (χ3v) is 3.67. The Morgan fingerprint density at radius 1 is 0.957 bits per heavy atom. The molecule has 0 saturated heterocycles. The topological polar surface area (TPSA) is 51.0 Å². The van der Waals surface area contributed by atoms with Gasteiger partial charge < -0.3 is 9.84 Å². The number of hydrogen-bond acceptors (Lipinski definition) is 4. The predicted octanol–water partition coefficient (Wildman–Crippen LogP) is 4.65. The van der Waals surface area contributed by atoms with Crippen molar-refractivity contribution in [2.75, 3.05) is 5.32 Å². The highest BCUT2D eigenvalue weighted by molar-refractivity contribution is 5.55. The Bertz CT molecular complexity index is 773. The summed E-state index contributed by atoms with van der Waals surface area (Å²) in [7, 11) is 0. The molecule has 0 saturated carbocycles. The summed E-state index contributed by atoms with van der Waals surface area (Å²) < 4.78 is 5.34. The zero-order chi connectivity index (χ0) is 16.3. The second-order valence-corrected chi connectivity index (χ2v) is 6.53. The van der Waals surface area contributed by atoms with Crippen LogP contribution >= 0.6 is 0 Å². The van der Waals surface area contributed by atoms with Crippen LogP contribution in [0, 0.1) is 0 Å². The van der Waals surface area contributed by atoms with Gasteiger partial charge in [0.2, 0.25) is 11.7 Å². The van der Waals surface area contributed by atoms with E-state index in [-0.39, 0.29) is 5.41 Å². The number of nitrogens with one attached hydrogen (secondary N) is 1. The SMILES string of the molecule is CC(C)(C)c1ccccc1NCc1nc(-c2ccccc2)no1. The van der Waals surface area contributed by atoms with E-state index in [0.29, 0.717) is 18.3 Å². The first-order valence-electron chi connectivity index (χ1n) is 7.75. The van der Waals surface area contributed by atoms with Crippen LogP contribution in [0.2, 0.25) is 0 Å². The number of hydrogen-bond donors (Lipinski definition) is 1. The Kier molecular flexibility index (Phi) is 4.15. The van der Waals surface area contributed by atoms with Gasteiger partial charge in [0.15, 0.2) is 0 Å². The molecular weight excluding hydrogens is 286 g/mol. The Labute approximate surface area is 136 Å². The number of anilines is 1. The van der Waals surface area contributed by atoms with Crippen molar-refractivity contribution in [2.24, 2.45) is 0 Å². The predicted molar refractivity (Wildman–Crippen MR) is 92.2 cm³/mol. The standard InChI is InChI=1S/C19H21N3O/c1-19(2,3)15-11-7-8-12-16(15)20-13-17-21-18(22-23-17)14-9-5-4-6-10-14/h4-12,20H,13H2,1-3H3. The van der Waals surface area contributed by atoms with Gasteiger partial charge in [0.05, 0.1) is 6.54 Å². The van der Waals surface area contributed by atoms with Gasteiger partial charge in [-0.3, -0.25) is 0 Å². The molecular formula is C19H21N3O. The van der Waals surface area contributed by atoms with Crippen LogP contribution in [0.25, 0.3) is 11.4 Å². The van der Waals surface area contributed by atoms with Gasteiger partial charge in [-0.25, -0.2) is 0 Å². The van der Waals surface area contributed by atoms with Crippen LogP contribution in [0.15, 0.2) is 59.1 Å². The van der Waals surface area contributed by atoms with Gasteiger partial charge in [0.25, 0.3) is 0 Å². The quantitative estimate of drug-likeness (QED) is 0.762. The van der Waals surface area contributed by atoms with E-state index >= 15 is 0 Å². The minimum absolute atomic E-state index is 0.0770. The average molecular weight is 307 g/mol. The van der Waals surface area contributed by atoms with E-state index in [0.717, 1.165) is 11.3 Å². The fourth-order valence-electron chi connectivity index (χ4n) is 2.49. The maximum atomic E-state index is 5.34. The molecule has 0 amide bonds. The summed E-state index contributed by atoms with van der Waals surface area (Å²) in [6.07, 6.45) is 0. The lowest BCUT2D eigenvalue weighted by Gasteiger charge is -2.23. The molecule has 4 nitrogen and oxygen atoms in total. The van der Waals surface area contributed by atoms with Crippen molar-refractivity contribution in [2.45, 2.75) is 32.7 Å². The van der Waals surface area contributed by atoms with E-state index in [2.05, 4.69) is 54.4 Å². The van der Waals surface area contributed by atoms with Gasteiger partial charge >= 0.3 is 0 Å². The van der Waals surface area contributed by atoms with Crippen molar-refractivity contribution < 1.29 is 4.52 Å². The monoisotopic (exact) mass is 307 g/mol. The highest BCUT2D eigenvalue weighted by Gasteiger charge is 2.17. The zero-order valence-corrected chi connectivity index (χ0v) is 13.7. The molecule has 118 valence electrons. The Morgan fingerprint density at radius 2 is 1.65 bits per heavy atom. The van der Waals surface area contributed by atoms with Gasteiger partial charge in [-0.15, -0.1) is 0 Å². The molecule has 3 rings (SSSR count). The van der Waals surface area contributed by atoms with E-state index in [9.17, 15) is 0 Å². The van der Waals surface area contributed by atoms with Crippen LogP contribution in [0.1, 0.15) is 32.2 Å². The summed E-state index contributed by atoms with van der Waals surface area (Å²) in [5, 5.41) is 7.45. The molecule has 0 unspecified atom stereocenters. The van der Waals surface area contributed by atoms with Gasteiger partial charge in [0, 0.05) is 11.3 Å². The normalized spacial score (nSPS) is 11.4. The van der Waals surface area contributed by atoms with E-state index in [1.165, 1.54) is 5.56 Å². The van der Waals surface area contributed by atoms with Crippen molar-refractivity contribution in [3.8, 4) is 11.4 Å². The van der Waals surface area contributed by atoms with Crippen molar-refractivity contribution in [1.29, 1.82) is 0 Å². The van der Waals surface area contributed by atoms with E-state index in [1.54, 1.807) is 0 Å². The van der Waals surface area contributed by atoms with Crippen LogP contribution in [0.4, 0.5) is 5.69 Å². The molecule has 0 bridgehead atoms. The summed E-state index contributed by atoms with van der Waals surface area (Å²) in [6.45, 7) is 7.11. The largest absolute Gasteiger partial charge is 0.376 e. The first-order valence-corrected chi connectivity index (χ1v) is 7.75. The smallest absolute Gasteiger partial charge is 0.246 e. The van der Waals surface area contributed by atoms with Crippen LogP contribution in [-0.4, -0.2) is 10.1 Å². The summed E-state index contributed by atoms with van der Waals surface area (Å²) in [5.41, 5.74) is 3.40. The Balaban J connectivity index is 1.74. The van der Waals surface area contributed by atoms with E-state index < -0.39 is 0 Å². The molecule has 0 fully saturated rings. The van der Waals surface area contributed by atoms with Crippen LogP contribution in [-0.2, 0) is 12.0 Å². The van der Waals surface area contributed by atoms with Gasteiger partial charge in [0.1, 0.15) is 0 Å². The highest BCUT2D eigenvalue weighted by Crippen LogP contribution is 2.29. The molecule has 1 N–H and O–H groups in total. The minimum atomic E-state index is 0.0770. The fraction of sp³-hybridized carbons (Fsp3) is 0.263. The summed E-state index contributed by atoms with van der Waals surface area (Å²) in [5.74, 6) is 1.19. The lowest BCUT2D eigenvalue weighted by molar-refractivity contribution is 0.384. The van der Waals surface area contributed by atoms with Crippen molar-refractivity contribution in [1.82, 2.24) is 10.1 Å². The molecule has 0 atom stereocenters. The molecule has 23 heavy (non-hydrogen) atoms. The number of rotatable bonds is 4. The fourth-order valence-corrected chi connectivity index (χ4v) is 2.49. The highest BCUT2D eigenvalue weighted by atomic mass is 16.5. The molecule has 3 aromatic rings. The third kappa shape index (κ3) is 3.59. The molecule has 0 aliphatic carbocycles. The van der Waals surface area contributed by atoms with Gasteiger partial charge in [-0.2, -0.15) is 4.98 Å². The summed E-state index contributed by atoms with van der Waals surface area (Å²) >= 11 is 0. The molecule has 0 radical (unpaired) electrons. The van der Waals surface area contributed by atoms with Gasteiger partial charge in [-0.05, 0) is 17.0 Å². The maximum Gasteiger partial charge on any atom is 0.246 e. The Morgan fingerprint density at radius 3 is 2.39 bits per heavy atom. The minimum Gasteiger partial charge on any atom is -0.376 e. The molecule has 0 aliphatic heterocycles. The second kappa shape index (κ2) is 6.24. The molecule has 1 aromatic heterocycles. The number of para-hydroxylation sites is 1. The molecule has 0 aliphatic rings. The van der Waals surface area contributed by atoms with E-state index in [1.807, 2.05) is 36.4 Å². The summed E-state index contributed by atoms with van der Waals surface area (Å²) in [4.78, 5) is 4.45. The van der Waals surface area contributed by atoms with Crippen molar-refractivity contribution in [3.63, 3.8) is 0 Å². The first kappa shape index (κ1) is 15.3. The number of aromatic nitrogens is 2. The second-order valence-electron chi connectivity index (χ2n) is 6.53. The Hall–Kier alpha value is -2.62. The number of benzene rings is 2. The zero-order valence-electron chi connectivity index (χ0n) is 13.7. The lowest BCUT2D eigenvalue weighted by atomic mass is 9.86. The molecule has 1 heterocycles. The average Bonchev–Trinajstić information content (AvgIpc) is 3.02. The summed E-state index contributed by atoms with van der Waals surface area (Å²) in [6, 6.07) is 18.1. The molecule has 0 spiro atoms. The number of nitrogens with zero attached hydrogens (tertiary/aromatic N) is 2. The van der Waals surface area contributed by atoms with Crippen molar-refractivity contribution in [3.05, 3.63) is 66.1 Å². The van der Waals surface area contributed by atoms with Gasteiger partial charge in [-0.1, -0.05) is 74.5 Å². The molecule has 2 aromatic carbocycles. The van der Waals surface area contributed by atoms with Crippen LogP contribution < -0.4 is 5.32 Å². The first-order chi connectivity index (χ1) is 11.0. The van der Waals surface area contributed by atoms with Crippen LogP contribution in [0.5, 0.6) is 0 Å². The lowest BCUT2D eigenvalue weighted by Crippen LogP contribution is -2.14.